The predicted octanol–water partition coefficient (Wildman–Crippen LogP) is 6.63. The van der Waals surface area contributed by atoms with Crippen molar-refractivity contribution in [2.75, 3.05) is 13.1 Å². The van der Waals surface area contributed by atoms with E-state index in [-0.39, 0.29) is 0 Å². The number of nitrogens with zero attached hydrogens (tertiary/aromatic N) is 2. The molecule has 1 aliphatic rings. The predicted molar refractivity (Wildman–Crippen MR) is 141 cm³/mol. The van der Waals surface area contributed by atoms with Crippen LogP contribution in [0.25, 0.3) is 11.0 Å². The average molecular weight is 490 g/mol. The summed E-state index contributed by atoms with van der Waals surface area (Å²) in [5, 5.41) is 4.16. The Balaban J connectivity index is 1.38. The monoisotopic (exact) mass is 489 g/mol. The number of piperidine rings is 1. The maximum absolute atomic E-state index is 6.31. The summed E-state index contributed by atoms with van der Waals surface area (Å²) in [4.78, 5) is 4.95. The third-order valence-corrected chi connectivity index (χ3v) is 6.93. The largest absolute Gasteiger partial charge is 0.487 e. The molecule has 5 rings (SSSR count). The zero-order valence-corrected chi connectivity index (χ0v) is 20.7. The van der Waals surface area contributed by atoms with Gasteiger partial charge in [-0.3, -0.25) is 0 Å². The normalized spacial score (nSPS) is 14.3. The first-order valence-electron chi connectivity index (χ1n) is 12.5. The van der Waals surface area contributed by atoms with Gasteiger partial charge in [-0.25, -0.2) is 4.98 Å². The third kappa shape index (κ3) is 6.16. The number of imidazole rings is 1. The van der Waals surface area contributed by atoms with Crippen LogP contribution in [0, 0.1) is 5.92 Å². The Morgan fingerprint density at radius 3 is 2.49 bits per heavy atom. The van der Waals surface area contributed by atoms with E-state index < -0.39 is 0 Å². The lowest BCUT2D eigenvalue weighted by atomic mass is 9.93. The van der Waals surface area contributed by atoms with Crippen LogP contribution in [-0.4, -0.2) is 22.6 Å². The first-order chi connectivity index (χ1) is 17.3. The second kappa shape index (κ2) is 11.6. The SMILES string of the molecule is Clc1ccc(OCc2nc3cccc(OCc4ccccc4)c3n2CCCC2CCNCC2)cc1. The molecule has 0 radical (unpaired) electrons. The summed E-state index contributed by atoms with van der Waals surface area (Å²) in [5.41, 5.74) is 3.13. The number of benzene rings is 3. The van der Waals surface area contributed by atoms with E-state index in [2.05, 4.69) is 28.1 Å². The maximum Gasteiger partial charge on any atom is 0.148 e. The van der Waals surface area contributed by atoms with Crippen molar-refractivity contribution in [1.29, 1.82) is 0 Å². The minimum atomic E-state index is 0.391. The van der Waals surface area contributed by atoms with Crippen LogP contribution in [0.5, 0.6) is 11.5 Å². The van der Waals surface area contributed by atoms with Gasteiger partial charge in [0.05, 0.1) is 5.52 Å². The van der Waals surface area contributed by atoms with Crippen LogP contribution < -0.4 is 14.8 Å². The molecular weight excluding hydrogens is 458 g/mol. The fourth-order valence-electron chi connectivity index (χ4n) is 4.79. The van der Waals surface area contributed by atoms with E-state index in [0.29, 0.717) is 18.2 Å². The van der Waals surface area contributed by atoms with Crippen molar-refractivity contribution in [3.8, 4) is 11.5 Å². The molecule has 1 fully saturated rings. The quantitative estimate of drug-likeness (QED) is 0.271. The van der Waals surface area contributed by atoms with Gasteiger partial charge in [-0.15, -0.1) is 0 Å². The first kappa shape index (κ1) is 23.7. The highest BCUT2D eigenvalue weighted by molar-refractivity contribution is 6.30. The number of rotatable bonds is 10. The van der Waals surface area contributed by atoms with E-state index in [1.807, 2.05) is 54.6 Å². The average Bonchev–Trinajstić information content (AvgIpc) is 3.26. The van der Waals surface area contributed by atoms with Crippen molar-refractivity contribution < 1.29 is 9.47 Å². The van der Waals surface area contributed by atoms with Crippen LogP contribution in [0.1, 0.15) is 37.1 Å². The smallest absolute Gasteiger partial charge is 0.148 e. The van der Waals surface area contributed by atoms with E-state index in [1.165, 1.54) is 19.3 Å². The van der Waals surface area contributed by atoms with E-state index >= 15 is 0 Å². The van der Waals surface area contributed by atoms with E-state index in [4.69, 9.17) is 26.1 Å². The number of ether oxygens (including phenoxy) is 2. The number of hydrogen-bond acceptors (Lipinski definition) is 4. The Hall–Kier alpha value is -3.02. The molecule has 1 saturated heterocycles. The van der Waals surface area contributed by atoms with Crippen LogP contribution in [0.4, 0.5) is 0 Å². The van der Waals surface area contributed by atoms with Crippen LogP contribution in [-0.2, 0) is 19.8 Å². The van der Waals surface area contributed by atoms with Crippen LogP contribution >= 0.6 is 11.6 Å². The summed E-state index contributed by atoms with van der Waals surface area (Å²) in [7, 11) is 0. The number of hydrogen-bond donors (Lipinski definition) is 1. The summed E-state index contributed by atoms with van der Waals surface area (Å²) >= 11 is 6.03. The van der Waals surface area contributed by atoms with Crippen LogP contribution in [0.2, 0.25) is 5.02 Å². The summed E-state index contributed by atoms with van der Waals surface area (Å²) < 4.78 is 14.7. The van der Waals surface area contributed by atoms with Crippen molar-refractivity contribution in [3.05, 3.63) is 89.2 Å². The molecule has 0 amide bonds. The number of para-hydroxylation sites is 1. The molecule has 0 unspecified atom stereocenters. The molecular formula is C29H32ClN3O2. The molecule has 0 saturated carbocycles. The second-order valence-electron chi connectivity index (χ2n) is 9.16. The highest BCUT2D eigenvalue weighted by atomic mass is 35.5. The molecule has 182 valence electrons. The van der Waals surface area contributed by atoms with Gasteiger partial charge in [-0.05, 0) is 86.7 Å². The van der Waals surface area contributed by atoms with Gasteiger partial charge in [-0.1, -0.05) is 48.0 Å². The molecule has 2 heterocycles. The topological polar surface area (TPSA) is 48.3 Å². The summed E-state index contributed by atoms with van der Waals surface area (Å²) in [6.45, 7) is 4.08. The Morgan fingerprint density at radius 1 is 0.886 bits per heavy atom. The highest BCUT2D eigenvalue weighted by Crippen LogP contribution is 2.29. The molecule has 0 aliphatic carbocycles. The van der Waals surface area contributed by atoms with Crippen LogP contribution in [0.3, 0.4) is 0 Å². The lowest BCUT2D eigenvalue weighted by molar-refractivity contribution is 0.286. The van der Waals surface area contributed by atoms with Gasteiger partial charge >= 0.3 is 0 Å². The maximum atomic E-state index is 6.31. The van der Waals surface area contributed by atoms with Crippen LogP contribution in [0.15, 0.2) is 72.8 Å². The molecule has 1 aliphatic heterocycles. The van der Waals surface area contributed by atoms with Crippen molar-refractivity contribution in [3.63, 3.8) is 0 Å². The Morgan fingerprint density at radius 2 is 1.69 bits per heavy atom. The number of fused-ring (bicyclic) bond motifs is 1. The molecule has 5 nitrogen and oxygen atoms in total. The van der Waals surface area contributed by atoms with E-state index in [0.717, 1.165) is 65.9 Å². The van der Waals surface area contributed by atoms with Crippen molar-refractivity contribution in [2.45, 2.75) is 45.4 Å². The molecule has 35 heavy (non-hydrogen) atoms. The van der Waals surface area contributed by atoms with Crippen molar-refractivity contribution >= 4 is 22.6 Å². The zero-order chi connectivity index (χ0) is 23.9. The minimum absolute atomic E-state index is 0.391. The first-order valence-corrected chi connectivity index (χ1v) is 12.9. The lowest BCUT2D eigenvalue weighted by Crippen LogP contribution is -2.27. The van der Waals surface area contributed by atoms with Gasteiger partial charge in [0.25, 0.3) is 0 Å². The number of aromatic nitrogens is 2. The van der Waals surface area contributed by atoms with Crippen molar-refractivity contribution in [2.24, 2.45) is 5.92 Å². The van der Waals surface area contributed by atoms with Gasteiger partial charge in [0.15, 0.2) is 0 Å². The van der Waals surface area contributed by atoms with Gasteiger partial charge in [-0.2, -0.15) is 0 Å². The number of aryl methyl sites for hydroxylation is 1. The Labute approximate surface area is 212 Å². The molecule has 4 aromatic rings. The zero-order valence-electron chi connectivity index (χ0n) is 20.0. The number of halogens is 1. The van der Waals surface area contributed by atoms with Gasteiger partial charge < -0.3 is 19.4 Å². The molecule has 3 aromatic carbocycles. The Kier molecular flexibility index (Phi) is 7.86. The van der Waals surface area contributed by atoms with E-state index in [9.17, 15) is 0 Å². The molecule has 1 aromatic heterocycles. The van der Waals surface area contributed by atoms with Gasteiger partial charge in [0.2, 0.25) is 0 Å². The second-order valence-corrected chi connectivity index (χ2v) is 9.59. The molecule has 0 atom stereocenters. The molecule has 1 N–H and O–H groups in total. The van der Waals surface area contributed by atoms with Gasteiger partial charge in [0, 0.05) is 11.6 Å². The standard InChI is InChI=1S/C29H32ClN3O2/c30-24-11-13-25(14-12-24)34-21-28-32-26-9-4-10-27(35-20-23-6-2-1-3-7-23)29(26)33(28)19-5-8-22-15-17-31-18-16-22/h1-4,6-7,9-14,22,31H,5,8,15-21H2. The number of nitrogens with one attached hydrogen (secondary N) is 1. The van der Waals surface area contributed by atoms with Gasteiger partial charge in [0.1, 0.15) is 36.1 Å². The molecule has 0 spiro atoms. The minimum Gasteiger partial charge on any atom is -0.487 e. The Bertz CT molecular complexity index is 1220. The molecule has 0 bridgehead atoms. The highest BCUT2D eigenvalue weighted by Gasteiger charge is 2.18. The summed E-state index contributed by atoms with van der Waals surface area (Å²) in [5.74, 6) is 3.35. The third-order valence-electron chi connectivity index (χ3n) is 6.68. The van der Waals surface area contributed by atoms with E-state index in [1.54, 1.807) is 0 Å². The fourth-order valence-corrected chi connectivity index (χ4v) is 4.92. The molecule has 6 heteroatoms. The summed E-state index contributed by atoms with van der Waals surface area (Å²) in [6.07, 6.45) is 4.87. The lowest BCUT2D eigenvalue weighted by Gasteiger charge is -2.22. The fraction of sp³-hybridized carbons (Fsp3) is 0.345. The van der Waals surface area contributed by atoms with Crippen molar-refractivity contribution in [1.82, 2.24) is 14.9 Å². The summed E-state index contributed by atoms with van der Waals surface area (Å²) in [6, 6.07) is 23.8.